The third-order valence-corrected chi connectivity index (χ3v) is 7.17. The highest BCUT2D eigenvalue weighted by Gasteiger charge is 2.44. The van der Waals surface area contributed by atoms with Crippen molar-refractivity contribution in [2.24, 2.45) is 10.9 Å². The van der Waals surface area contributed by atoms with E-state index in [9.17, 15) is 9.59 Å². The molecule has 2 aliphatic heterocycles. The largest absolute Gasteiger partial charge is 0.497 e. The fourth-order valence-corrected chi connectivity index (χ4v) is 5.14. The zero-order valence-electron chi connectivity index (χ0n) is 20.9. The van der Waals surface area contributed by atoms with Crippen molar-refractivity contribution >= 4 is 40.5 Å². The zero-order chi connectivity index (χ0) is 24.7. The highest BCUT2D eigenvalue weighted by Crippen LogP contribution is 2.21. The standard InChI is InChI=1S/C25H37N5O3S/c1-5-21(22-23(31)29(6-2)25(34)30(7-3)24(22)32)26-13-8-14-27-15-17-28(18-16-27)19-9-11-20(33-4)12-10-19/h9-12,22H,5-8,13-18H2,1-4H3/p+1. The molecule has 0 aromatic heterocycles. The van der Waals surface area contributed by atoms with Crippen molar-refractivity contribution in [1.82, 2.24) is 9.80 Å². The number of piperazine rings is 1. The first kappa shape index (κ1) is 26.1. The first-order chi connectivity index (χ1) is 16.4. The molecule has 186 valence electrons. The van der Waals surface area contributed by atoms with E-state index in [1.54, 1.807) is 12.0 Å². The molecule has 2 saturated heterocycles. The average Bonchev–Trinajstić information content (AvgIpc) is 2.86. The minimum absolute atomic E-state index is 0.233. The summed E-state index contributed by atoms with van der Waals surface area (Å²) in [4.78, 5) is 37.8. The molecule has 34 heavy (non-hydrogen) atoms. The number of aliphatic imine (C=N–C) groups is 1. The lowest BCUT2D eigenvalue weighted by Crippen LogP contribution is -3.14. The predicted molar refractivity (Wildman–Crippen MR) is 139 cm³/mol. The number of rotatable bonds is 10. The average molecular weight is 489 g/mol. The fourth-order valence-electron chi connectivity index (χ4n) is 4.70. The van der Waals surface area contributed by atoms with Gasteiger partial charge >= 0.3 is 0 Å². The number of nitrogens with zero attached hydrogens (tertiary/aromatic N) is 4. The molecule has 0 spiro atoms. The van der Waals surface area contributed by atoms with Crippen molar-refractivity contribution in [3.05, 3.63) is 24.3 Å². The first-order valence-corrected chi connectivity index (χ1v) is 12.8. The Morgan fingerprint density at radius 1 is 1.06 bits per heavy atom. The molecule has 0 atom stereocenters. The Labute approximate surface area is 208 Å². The molecule has 2 aliphatic rings. The molecule has 0 bridgehead atoms. The lowest BCUT2D eigenvalue weighted by atomic mass is 9.95. The van der Waals surface area contributed by atoms with E-state index in [4.69, 9.17) is 21.9 Å². The number of amides is 2. The van der Waals surface area contributed by atoms with Crippen LogP contribution in [0.3, 0.4) is 0 Å². The molecular formula is C25H38N5O3S+. The Morgan fingerprint density at radius 3 is 2.15 bits per heavy atom. The van der Waals surface area contributed by atoms with E-state index in [1.807, 2.05) is 32.9 Å². The van der Waals surface area contributed by atoms with Gasteiger partial charge in [-0.3, -0.25) is 24.4 Å². The third-order valence-electron chi connectivity index (χ3n) is 6.73. The van der Waals surface area contributed by atoms with Gasteiger partial charge in [0.2, 0.25) is 11.8 Å². The van der Waals surface area contributed by atoms with Gasteiger partial charge in [0.1, 0.15) is 5.75 Å². The predicted octanol–water partition coefficient (Wildman–Crippen LogP) is 1.25. The van der Waals surface area contributed by atoms with Crippen LogP contribution in [-0.2, 0) is 9.59 Å². The summed E-state index contributed by atoms with van der Waals surface area (Å²) in [5, 5.41) is 0.309. The smallest absolute Gasteiger partial charge is 0.247 e. The van der Waals surface area contributed by atoms with Gasteiger partial charge in [-0.25, -0.2) is 0 Å². The fraction of sp³-hybridized carbons (Fsp3) is 0.600. The number of hydrogen-bond acceptors (Lipinski definition) is 6. The van der Waals surface area contributed by atoms with Crippen LogP contribution in [0, 0.1) is 5.92 Å². The summed E-state index contributed by atoms with van der Waals surface area (Å²) in [6.45, 7) is 12.5. The minimum Gasteiger partial charge on any atom is -0.497 e. The van der Waals surface area contributed by atoms with E-state index in [0.29, 0.717) is 36.9 Å². The van der Waals surface area contributed by atoms with Gasteiger partial charge < -0.3 is 14.5 Å². The third kappa shape index (κ3) is 5.75. The molecule has 2 amide bonds. The van der Waals surface area contributed by atoms with Crippen molar-refractivity contribution < 1.29 is 19.2 Å². The summed E-state index contributed by atoms with van der Waals surface area (Å²) >= 11 is 5.36. The van der Waals surface area contributed by atoms with Crippen molar-refractivity contribution in [3.63, 3.8) is 0 Å². The SMILES string of the molecule is CCC(=NCCC[NH+]1CCN(c2ccc(OC)cc2)CC1)C1C(=O)N(CC)C(=S)N(CC)C1=O. The van der Waals surface area contributed by atoms with Gasteiger partial charge in [0.05, 0.1) is 39.8 Å². The van der Waals surface area contributed by atoms with Crippen LogP contribution in [0.4, 0.5) is 5.69 Å². The lowest BCUT2D eigenvalue weighted by molar-refractivity contribution is -0.900. The Hall–Kier alpha value is -2.52. The number of ether oxygens (including phenoxy) is 1. The van der Waals surface area contributed by atoms with Crippen LogP contribution in [0.5, 0.6) is 5.75 Å². The van der Waals surface area contributed by atoms with Crippen molar-refractivity contribution in [2.45, 2.75) is 33.6 Å². The normalized spacial score (nSPS) is 18.8. The van der Waals surface area contributed by atoms with E-state index in [2.05, 4.69) is 17.0 Å². The molecule has 1 aromatic rings. The van der Waals surface area contributed by atoms with Gasteiger partial charge in [0.25, 0.3) is 0 Å². The van der Waals surface area contributed by atoms with E-state index in [0.717, 1.165) is 44.9 Å². The maximum atomic E-state index is 13.0. The van der Waals surface area contributed by atoms with Crippen molar-refractivity contribution in [1.29, 1.82) is 0 Å². The summed E-state index contributed by atoms with van der Waals surface area (Å²) < 4.78 is 5.25. The molecule has 0 aliphatic carbocycles. The highest BCUT2D eigenvalue weighted by atomic mass is 32.1. The lowest BCUT2D eigenvalue weighted by Gasteiger charge is -2.38. The van der Waals surface area contributed by atoms with E-state index in [-0.39, 0.29) is 11.8 Å². The molecule has 3 rings (SSSR count). The number of hydrogen-bond donors (Lipinski definition) is 1. The van der Waals surface area contributed by atoms with Crippen LogP contribution in [-0.4, -0.2) is 91.9 Å². The first-order valence-electron chi connectivity index (χ1n) is 12.4. The van der Waals surface area contributed by atoms with Crippen LogP contribution in [0.1, 0.15) is 33.6 Å². The van der Waals surface area contributed by atoms with Gasteiger partial charge in [-0.1, -0.05) is 6.92 Å². The van der Waals surface area contributed by atoms with Gasteiger partial charge in [-0.2, -0.15) is 0 Å². The van der Waals surface area contributed by atoms with E-state index in [1.165, 1.54) is 15.5 Å². The molecule has 0 saturated carbocycles. The zero-order valence-corrected chi connectivity index (χ0v) is 21.7. The van der Waals surface area contributed by atoms with E-state index >= 15 is 0 Å². The summed E-state index contributed by atoms with van der Waals surface area (Å²) in [5.41, 5.74) is 1.91. The topological polar surface area (TPSA) is 69.9 Å². The highest BCUT2D eigenvalue weighted by molar-refractivity contribution is 7.80. The Kier molecular flexibility index (Phi) is 9.41. The van der Waals surface area contributed by atoms with Crippen LogP contribution in [0.15, 0.2) is 29.3 Å². The second-order valence-electron chi connectivity index (χ2n) is 8.65. The quantitative estimate of drug-likeness (QED) is 0.232. The van der Waals surface area contributed by atoms with Gasteiger partial charge in [-0.15, -0.1) is 0 Å². The monoisotopic (exact) mass is 488 g/mol. The van der Waals surface area contributed by atoms with E-state index < -0.39 is 5.92 Å². The Balaban J connectivity index is 1.51. The van der Waals surface area contributed by atoms with Gasteiger partial charge in [0, 0.05) is 37.5 Å². The summed E-state index contributed by atoms with van der Waals surface area (Å²) in [5.74, 6) is -0.424. The number of anilines is 1. The number of nitrogens with one attached hydrogen (secondary N) is 1. The maximum absolute atomic E-state index is 13.0. The van der Waals surface area contributed by atoms with Crippen LogP contribution in [0.2, 0.25) is 0 Å². The van der Waals surface area contributed by atoms with Crippen LogP contribution in [0.25, 0.3) is 0 Å². The van der Waals surface area contributed by atoms with Gasteiger partial charge in [-0.05, 0) is 56.8 Å². The van der Waals surface area contributed by atoms with Gasteiger partial charge in [0.15, 0.2) is 11.0 Å². The molecule has 0 radical (unpaired) electrons. The van der Waals surface area contributed by atoms with Crippen molar-refractivity contribution in [3.8, 4) is 5.75 Å². The number of methoxy groups -OCH3 is 1. The molecule has 2 fully saturated rings. The molecule has 9 heteroatoms. The minimum atomic E-state index is -0.836. The number of carbonyl (C=O) groups is 2. The molecule has 2 heterocycles. The summed E-state index contributed by atoms with van der Waals surface area (Å²) in [6.07, 6.45) is 1.52. The van der Waals surface area contributed by atoms with Crippen molar-refractivity contribution in [2.75, 3.05) is 64.4 Å². The van der Waals surface area contributed by atoms with Crippen LogP contribution < -0.4 is 14.5 Å². The number of quaternary nitrogens is 1. The number of thiocarbonyl (C=S) groups is 1. The Morgan fingerprint density at radius 2 is 1.65 bits per heavy atom. The molecule has 0 unspecified atom stereocenters. The van der Waals surface area contributed by atoms with Crippen LogP contribution >= 0.6 is 12.2 Å². The number of carbonyl (C=O) groups excluding carboxylic acids is 2. The number of benzene rings is 1. The molecule has 8 nitrogen and oxygen atoms in total. The second kappa shape index (κ2) is 12.3. The maximum Gasteiger partial charge on any atom is 0.247 e. The summed E-state index contributed by atoms with van der Waals surface area (Å²) in [7, 11) is 1.69. The molecule has 1 aromatic carbocycles. The summed E-state index contributed by atoms with van der Waals surface area (Å²) in [6, 6.07) is 8.24. The molecular weight excluding hydrogens is 450 g/mol. The second-order valence-corrected chi connectivity index (χ2v) is 9.01. The molecule has 1 N–H and O–H groups in total. The Bertz CT molecular complexity index is 870.